The van der Waals surface area contributed by atoms with Crippen LogP contribution in [-0.2, 0) is 10.9 Å². The van der Waals surface area contributed by atoms with E-state index in [2.05, 4.69) is 15.6 Å². The molecule has 116 valence electrons. The van der Waals surface area contributed by atoms with Crippen LogP contribution in [0, 0.1) is 0 Å². The number of anilines is 1. The first kappa shape index (κ1) is 15.5. The number of nitrogens with zero attached hydrogens (tertiary/aromatic N) is 1. The van der Waals surface area contributed by atoms with Gasteiger partial charge in [0.05, 0.1) is 30.6 Å². The van der Waals surface area contributed by atoms with E-state index >= 15 is 0 Å². The number of aliphatic hydroxyl groups is 1. The SMILES string of the molecule is O=C(Nc1ccc(C(F)(F)F)nc1)NC1(CO)CCOC1. The van der Waals surface area contributed by atoms with E-state index in [1.54, 1.807) is 0 Å². The molecule has 0 saturated carbocycles. The summed E-state index contributed by atoms with van der Waals surface area (Å²) in [5, 5.41) is 14.2. The maximum atomic E-state index is 12.3. The third-order valence-electron chi connectivity index (χ3n) is 3.10. The van der Waals surface area contributed by atoms with Crippen molar-refractivity contribution in [2.24, 2.45) is 0 Å². The molecule has 6 nitrogen and oxygen atoms in total. The van der Waals surface area contributed by atoms with Gasteiger partial charge in [0.2, 0.25) is 0 Å². The number of pyridine rings is 1. The molecule has 1 aromatic rings. The second kappa shape index (κ2) is 5.86. The molecule has 2 rings (SSSR count). The average molecular weight is 305 g/mol. The summed E-state index contributed by atoms with van der Waals surface area (Å²) in [6.45, 7) is 0.316. The van der Waals surface area contributed by atoms with Crippen molar-refractivity contribution in [2.75, 3.05) is 25.1 Å². The Morgan fingerprint density at radius 1 is 1.48 bits per heavy atom. The summed E-state index contributed by atoms with van der Waals surface area (Å²) in [4.78, 5) is 15.0. The lowest BCUT2D eigenvalue weighted by atomic mass is 10.0. The molecule has 3 N–H and O–H groups in total. The van der Waals surface area contributed by atoms with Gasteiger partial charge in [-0.25, -0.2) is 9.78 Å². The van der Waals surface area contributed by atoms with Gasteiger partial charge in [-0.15, -0.1) is 0 Å². The van der Waals surface area contributed by atoms with Gasteiger partial charge in [-0.1, -0.05) is 0 Å². The van der Waals surface area contributed by atoms with Crippen LogP contribution < -0.4 is 10.6 Å². The van der Waals surface area contributed by atoms with Crippen LogP contribution in [0.2, 0.25) is 0 Å². The van der Waals surface area contributed by atoms with Crippen LogP contribution in [0.5, 0.6) is 0 Å². The molecule has 1 fully saturated rings. The van der Waals surface area contributed by atoms with Gasteiger partial charge in [0.15, 0.2) is 0 Å². The molecule has 0 radical (unpaired) electrons. The minimum atomic E-state index is -4.52. The first-order chi connectivity index (χ1) is 9.85. The Kier molecular flexibility index (Phi) is 4.33. The number of alkyl halides is 3. The number of amides is 2. The number of nitrogens with one attached hydrogen (secondary N) is 2. The molecule has 1 atom stereocenters. The van der Waals surface area contributed by atoms with Gasteiger partial charge < -0.3 is 20.5 Å². The van der Waals surface area contributed by atoms with E-state index < -0.39 is 23.4 Å². The number of rotatable bonds is 3. The van der Waals surface area contributed by atoms with Crippen molar-refractivity contribution in [3.63, 3.8) is 0 Å². The summed E-state index contributed by atoms with van der Waals surface area (Å²) in [5.74, 6) is 0. The Balaban J connectivity index is 1.96. The van der Waals surface area contributed by atoms with Gasteiger partial charge in [-0.2, -0.15) is 13.2 Å². The van der Waals surface area contributed by atoms with Crippen LogP contribution in [0.15, 0.2) is 18.3 Å². The largest absolute Gasteiger partial charge is 0.433 e. The second-order valence-corrected chi connectivity index (χ2v) is 4.75. The number of halogens is 3. The number of hydrogen-bond acceptors (Lipinski definition) is 4. The first-order valence-corrected chi connectivity index (χ1v) is 6.16. The fourth-order valence-corrected chi connectivity index (χ4v) is 1.91. The Morgan fingerprint density at radius 2 is 2.24 bits per heavy atom. The van der Waals surface area contributed by atoms with Crippen molar-refractivity contribution < 1.29 is 27.8 Å². The van der Waals surface area contributed by atoms with Crippen molar-refractivity contribution in [3.8, 4) is 0 Å². The molecule has 1 aromatic heterocycles. The number of aliphatic hydroxyl groups excluding tert-OH is 1. The van der Waals surface area contributed by atoms with Crippen molar-refractivity contribution in [1.82, 2.24) is 10.3 Å². The molecule has 9 heteroatoms. The maximum Gasteiger partial charge on any atom is 0.433 e. The lowest BCUT2D eigenvalue weighted by molar-refractivity contribution is -0.141. The minimum Gasteiger partial charge on any atom is -0.394 e. The number of ether oxygens (including phenoxy) is 1. The molecule has 0 aliphatic carbocycles. The van der Waals surface area contributed by atoms with E-state index in [9.17, 15) is 23.1 Å². The van der Waals surface area contributed by atoms with E-state index in [1.165, 1.54) is 0 Å². The first-order valence-electron chi connectivity index (χ1n) is 6.16. The predicted octanol–water partition coefficient (Wildman–Crippen LogP) is 1.37. The minimum absolute atomic E-state index is 0.118. The molecule has 1 saturated heterocycles. The summed E-state index contributed by atoms with van der Waals surface area (Å²) in [5.41, 5.74) is -1.78. The summed E-state index contributed by atoms with van der Waals surface area (Å²) < 4.78 is 42.2. The molecule has 1 aliphatic rings. The van der Waals surface area contributed by atoms with Crippen LogP contribution in [0.3, 0.4) is 0 Å². The quantitative estimate of drug-likeness (QED) is 0.787. The zero-order valence-electron chi connectivity index (χ0n) is 10.9. The van der Waals surface area contributed by atoms with Crippen molar-refractivity contribution in [1.29, 1.82) is 0 Å². The van der Waals surface area contributed by atoms with Crippen molar-refractivity contribution in [2.45, 2.75) is 18.1 Å². The van der Waals surface area contributed by atoms with E-state index in [0.29, 0.717) is 13.0 Å². The van der Waals surface area contributed by atoms with Gasteiger partial charge in [-0.05, 0) is 18.6 Å². The standard InChI is InChI=1S/C12H14F3N3O3/c13-12(14,15)9-2-1-8(5-16-9)17-10(20)18-11(6-19)3-4-21-7-11/h1-2,5,19H,3-4,6-7H2,(H2,17,18,20). The van der Waals surface area contributed by atoms with Crippen LogP contribution in [0.25, 0.3) is 0 Å². The number of hydrogen-bond donors (Lipinski definition) is 3. The highest BCUT2D eigenvalue weighted by atomic mass is 19.4. The summed E-state index contributed by atoms with van der Waals surface area (Å²) in [7, 11) is 0. The molecule has 0 spiro atoms. The predicted molar refractivity (Wildman–Crippen MR) is 66.6 cm³/mol. The Morgan fingerprint density at radius 3 is 2.71 bits per heavy atom. The summed E-state index contributed by atoms with van der Waals surface area (Å²) in [6, 6.07) is 1.23. The van der Waals surface area contributed by atoms with Gasteiger partial charge in [0.25, 0.3) is 0 Å². The molecule has 2 amide bonds. The zero-order valence-corrected chi connectivity index (χ0v) is 10.9. The van der Waals surface area contributed by atoms with Gasteiger partial charge in [-0.3, -0.25) is 0 Å². The highest BCUT2D eigenvalue weighted by Crippen LogP contribution is 2.27. The fourth-order valence-electron chi connectivity index (χ4n) is 1.91. The normalized spacial score (nSPS) is 22.1. The average Bonchev–Trinajstić information content (AvgIpc) is 2.87. The molecule has 21 heavy (non-hydrogen) atoms. The summed E-state index contributed by atoms with van der Waals surface area (Å²) in [6.07, 6.45) is -3.15. The molecule has 1 unspecified atom stereocenters. The molecular weight excluding hydrogens is 291 g/mol. The molecule has 2 heterocycles. The molecule has 1 aliphatic heterocycles. The smallest absolute Gasteiger partial charge is 0.394 e. The number of carbonyl (C=O) groups is 1. The zero-order chi connectivity index (χ0) is 15.5. The van der Waals surface area contributed by atoms with Gasteiger partial charge in [0, 0.05) is 6.61 Å². The lowest BCUT2D eigenvalue weighted by Crippen LogP contribution is -2.53. The summed E-state index contributed by atoms with van der Waals surface area (Å²) >= 11 is 0. The van der Waals surface area contributed by atoms with Gasteiger partial charge in [0.1, 0.15) is 5.69 Å². The third-order valence-corrected chi connectivity index (χ3v) is 3.10. The number of aromatic nitrogens is 1. The highest BCUT2D eigenvalue weighted by Gasteiger charge is 2.36. The second-order valence-electron chi connectivity index (χ2n) is 4.75. The van der Waals surface area contributed by atoms with Crippen molar-refractivity contribution in [3.05, 3.63) is 24.0 Å². The Labute approximate surface area is 118 Å². The fraction of sp³-hybridized carbons (Fsp3) is 0.500. The Bertz CT molecular complexity index is 499. The Hall–Kier alpha value is -1.87. The topological polar surface area (TPSA) is 83.5 Å². The van der Waals surface area contributed by atoms with Crippen LogP contribution in [0.4, 0.5) is 23.7 Å². The van der Waals surface area contributed by atoms with Crippen LogP contribution in [-0.4, -0.2) is 41.5 Å². The van der Waals surface area contributed by atoms with E-state index in [1.807, 2.05) is 0 Å². The number of carbonyl (C=O) groups excluding carboxylic acids is 1. The van der Waals surface area contributed by atoms with Gasteiger partial charge >= 0.3 is 12.2 Å². The molecule has 0 aromatic carbocycles. The van der Waals surface area contributed by atoms with E-state index in [0.717, 1.165) is 18.3 Å². The maximum absolute atomic E-state index is 12.3. The monoisotopic (exact) mass is 305 g/mol. The van der Waals surface area contributed by atoms with Crippen LogP contribution in [0.1, 0.15) is 12.1 Å². The number of urea groups is 1. The molecule has 0 bridgehead atoms. The molecular formula is C12H14F3N3O3. The lowest BCUT2D eigenvalue weighted by Gasteiger charge is -2.26. The van der Waals surface area contributed by atoms with Crippen molar-refractivity contribution >= 4 is 11.7 Å². The van der Waals surface area contributed by atoms with E-state index in [4.69, 9.17) is 4.74 Å². The van der Waals surface area contributed by atoms with Crippen LogP contribution >= 0.6 is 0 Å². The third kappa shape index (κ3) is 3.82. The highest BCUT2D eigenvalue weighted by molar-refractivity contribution is 5.89. The van der Waals surface area contributed by atoms with E-state index in [-0.39, 0.29) is 18.9 Å².